The molecule has 0 aliphatic heterocycles. The maximum atomic E-state index is 12.1. The van der Waals surface area contributed by atoms with Crippen molar-refractivity contribution in [3.8, 4) is 0 Å². The number of nitrogens with one attached hydrogen (secondary N) is 2. The van der Waals surface area contributed by atoms with Gasteiger partial charge in [-0.25, -0.2) is 0 Å². The van der Waals surface area contributed by atoms with Gasteiger partial charge in [0, 0.05) is 30.6 Å². The van der Waals surface area contributed by atoms with Gasteiger partial charge in [-0.2, -0.15) is 0 Å². The highest BCUT2D eigenvalue weighted by Crippen LogP contribution is 2.31. The van der Waals surface area contributed by atoms with Gasteiger partial charge in [0.25, 0.3) is 11.6 Å². The van der Waals surface area contributed by atoms with Crippen molar-refractivity contribution >= 4 is 23.3 Å². The van der Waals surface area contributed by atoms with Crippen LogP contribution in [-0.4, -0.2) is 34.5 Å². The quantitative estimate of drug-likeness (QED) is 0.497. The first-order valence-electron chi connectivity index (χ1n) is 7.41. The number of amides is 1. The molecule has 0 heterocycles. The number of carboxylic acid groups (broad SMARTS) is 1. The van der Waals surface area contributed by atoms with Crippen LogP contribution in [0.5, 0.6) is 0 Å². The highest BCUT2D eigenvalue weighted by Gasteiger charge is 2.25. The number of carbonyl (C=O) groups is 2. The van der Waals surface area contributed by atoms with Crippen LogP contribution in [0.4, 0.5) is 11.4 Å². The van der Waals surface area contributed by atoms with E-state index in [-0.39, 0.29) is 36.2 Å². The van der Waals surface area contributed by atoms with E-state index in [2.05, 4.69) is 10.6 Å². The fourth-order valence-corrected chi connectivity index (χ4v) is 2.13. The summed E-state index contributed by atoms with van der Waals surface area (Å²) in [7, 11) is 0. The van der Waals surface area contributed by atoms with Gasteiger partial charge in [-0.05, 0) is 30.9 Å². The fourth-order valence-electron chi connectivity index (χ4n) is 2.13. The average molecular weight is 321 g/mol. The summed E-state index contributed by atoms with van der Waals surface area (Å²) in [6, 6.07) is 4.56. The molecule has 1 unspecified atom stereocenters. The van der Waals surface area contributed by atoms with E-state index < -0.39 is 16.8 Å². The lowest BCUT2D eigenvalue weighted by Gasteiger charge is -2.11. The Morgan fingerprint density at radius 1 is 1.43 bits per heavy atom. The maximum absolute atomic E-state index is 12.1. The van der Waals surface area contributed by atoms with Crippen molar-refractivity contribution in [2.45, 2.75) is 32.2 Å². The molecule has 1 aliphatic rings. The number of nitro groups is 1. The van der Waals surface area contributed by atoms with Crippen LogP contribution in [0.25, 0.3) is 0 Å². The topological polar surface area (TPSA) is 122 Å². The third kappa shape index (κ3) is 4.94. The second kappa shape index (κ2) is 7.08. The Labute approximate surface area is 133 Å². The van der Waals surface area contributed by atoms with Gasteiger partial charge in [-0.1, -0.05) is 6.92 Å². The SMILES string of the molecule is CC(CNC(=O)c1ccc(NC2CC2)c([N+](=O)[O-])c1)CC(=O)O. The van der Waals surface area contributed by atoms with Crippen LogP contribution in [-0.2, 0) is 4.79 Å². The Kier molecular flexibility index (Phi) is 5.15. The Balaban J connectivity index is 2.03. The molecule has 2 rings (SSSR count). The zero-order valence-electron chi connectivity index (χ0n) is 12.7. The minimum absolute atomic E-state index is 0.0509. The number of nitrogens with zero attached hydrogens (tertiary/aromatic N) is 1. The second-order valence-electron chi connectivity index (χ2n) is 5.82. The normalized spacial score (nSPS) is 14.8. The van der Waals surface area contributed by atoms with E-state index in [1.165, 1.54) is 18.2 Å². The third-order valence-electron chi connectivity index (χ3n) is 3.53. The van der Waals surface area contributed by atoms with Crippen LogP contribution < -0.4 is 10.6 Å². The number of aliphatic carboxylic acids is 1. The molecule has 124 valence electrons. The number of carbonyl (C=O) groups excluding carboxylic acids is 1. The van der Waals surface area contributed by atoms with E-state index in [0.29, 0.717) is 5.69 Å². The molecule has 8 nitrogen and oxygen atoms in total. The molecule has 1 aromatic carbocycles. The van der Waals surface area contributed by atoms with E-state index in [4.69, 9.17) is 5.11 Å². The first-order chi connectivity index (χ1) is 10.9. The third-order valence-corrected chi connectivity index (χ3v) is 3.53. The molecule has 23 heavy (non-hydrogen) atoms. The molecule has 1 saturated carbocycles. The molecule has 1 aromatic rings. The largest absolute Gasteiger partial charge is 0.481 e. The molecule has 1 atom stereocenters. The highest BCUT2D eigenvalue weighted by atomic mass is 16.6. The number of hydrogen-bond acceptors (Lipinski definition) is 5. The number of carboxylic acids is 1. The summed E-state index contributed by atoms with van der Waals surface area (Å²) in [5.41, 5.74) is 0.456. The predicted molar refractivity (Wildman–Crippen MR) is 83.5 cm³/mol. The van der Waals surface area contributed by atoms with Crippen LogP contribution in [0.1, 0.15) is 36.5 Å². The number of anilines is 1. The molecule has 0 spiro atoms. The molecule has 8 heteroatoms. The lowest BCUT2D eigenvalue weighted by atomic mass is 10.1. The van der Waals surface area contributed by atoms with Gasteiger partial charge >= 0.3 is 5.97 Å². The number of benzene rings is 1. The minimum Gasteiger partial charge on any atom is -0.481 e. The zero-order chi connectivity index (χ0) is 17.0. The number of hydrogen-bond donors (Lipinski definition) is 3. The van der Waals surface area contributed by atoms with Gasteiger partial charge in [-0.3, -0.25) is 19.7 Å². The number of rotatable bonds is 8. The standard InChI is InChI=1S/C15H19N3O5/c1-9(6-14(19)20)8-16-15(21)10-2-5-12(17-11-3-4-11)13(7-10)18(22)23/h2,5,7,9,11,17H,3-4,6,8H2,1H3,(H,16,21)(H,19,20). The summed E-state index contributed by atoms with van der Waals surface area (Å²) >= 11 is 0. The molecule has 0 aromatic heterocycles. The van der Waals surface area contributed by atoms with Crippen molar-refractivity contribution < 1.29 is 19.6 Å². The second-order valence-corrected chi connectivity index (χ2v) is 5.82. The van der Waals surface area contributed by atoms with E-state index in [9.17, 15) is 19.7 Å². The van der Waals surface area contributed by atoms with Crippen molar-refractivity contribution in [1.29, 1.82) is 0 Å². The monoisotopic (exact) mass is 321 g/mol. The van der Waals surface area contributed by atoms with Crippen LogP contribution in [0.2, 0.25) is 0 Å². The summed E-state index contributed by atoms with van der Waals surface area (Å²) in [4.78, 5) is 33.3. The maximum Gasteiger partial charge on any atom is 0.303 e. The van der Waals surface area contributed by atoms with Gasteiger partial charge in [0.2, 0.25) is 0 Å². The van der Waals surface area contributed by atoms with E-state index >= 15 is 0 Å². The van der Waals surface area contributed by atoms with E-state index in [0.717, 1.165) is 12.8 Å². The van der Waals surface area contributed by atoms with Crippen LogP contribution in [0.15, 0.2) is 18.2 Å². The summed E-state index contributed by atoms with van der Waals surface area (Å²) in [5, 5.41) is 25.5. The van der Waals surface area contributed by atoms with Crippen LogP contribution in [0, 0.1) is 16.0 Å². The molecule has 1 aliphatic carbocycles. The molecule has 1 fully saturated rings. The summed E-state index contributed by atoms with van der Waals surface area (Å²) in [5.74, 6) is -1.61. The van der Waals surface area contributed by atoms with Crippen molar-refractivity contribution in [1.82, 2.24) is 5.32 Å². The molecular weight excluding hydrogens is 302 g/mol. The lowest BCUT2D eigenvalue weighted by molar-refractivity contribution is -0.384. The smallest absolute Gasteiger partial charge is 0.303 e. The average Bonchev–Trinajstić information content (AvgIpc) is 3.28. The molecule has 0 bridgehead atoms. The summed E-state index contributed by atoms with van der Waals surface area (Å²) in [6.45, 7) is 1.90. The van der Waals surface area contributed by atoms with Crippen LogP contribution in [0.3, 0.4) is 0 Å². The first kappa shape index (κ1) is 16.7. The van der Waals surface area contributed by atoms with Crippen molar-refractivity contribution in [3.05, 3.63) is 33.9 Å². The van der Waals surface area contributed by atoms with E-state index in [1.54, 1.807) is 6.92 Å². The fraction of sp³-hybridized carbons (Fsp3) is 0.467. The number of nitro benzene ring substituents is 1. The summed E-state index contributed by atoms with van der Waals surface area (Å²) < 4.78 is 0. The van der Waals surface area contributed by atoms with Crippen molar-refractivity contribution in [2.24, 2.45) is 5.92 Å². The minimum atomic E-state index is -0.933. The zero-order valence-corrected chi connectivity index (χ0v) is 12.7. The van der Waals surface area contributed by atoms with Crippen LogP contribution >= 0.6 is 0 Å². The Morgan fingerprint density at radius 2 is 2.13 bits per heavy atom. The highest BCUT2D eigenvalue weighted by molar-refractivity contribution is 5.95. The predicted octanol–water partition coefficient (Wildman–Crippen LogP) is 2.01. The van der Waals surface area contributed by atoms with Crippen molar-refractivity contribution in [2.75, 3.05) is 11.9 Å². The van der Waals surface area contributed by atoms with Gasteiger partial charge < -0.3 is 15.7 Å². The summed E-state index contributed by atoms with van der Waals surface area (Å²) in [6.07, 6.45) is 1.92. The molecule has 0 radical (unpaired) electrons. The Morgan fingerprint density at radius 3 is 2.70 bits per heavy atom. The van der Waals surface area contributed by atoms with Gasteiger partial charge in [0.15, 0.2) is 0 Å². The molecule has 1 amide bonds. The first-order valence-corrected chi connectivity index (χ1v) is 7.41. The molecular formula is C15H19N3O5. The molecule has 0 saturated heterocycles. The van der Waals surface area contributed by atoms with Gasteiger partial charge in [-0.15, -0.1) is 0 Å². The van der Waals surface area contributed by atoms with Gasteiger partial charge in [0.1, 0.15) is 5.69 Å². The van der Waals surface area contributed by atoms with Gasteiger partial charge in [0.05, 0.1) is 4.92 Å². The Bertz CT molecular complexity index is 628. The molecule has 3 N–H and O–H groups in total. The van der Waals surface area contributed by atoms with Crippen molar-refractivity contribution in [3.63, 3.8) is 0 Å². The lowest BCUT2D eigenvalue weighted by Crippen LogP contribution is -2.29. The van der Waals surface area contributed by atoms with E-state index in [1.807, 2.05) is 0 Å². The Hall–Kier alpha value is -2.64.